The highest BCUT2D eigenvalue weighted by atomic mass is 79.9. The minimum atomic E-state index is -0.424. The molecule has 1 rings (SSSR count). The predicted octanol–water partition coefficient (Wildman–Crippen LogP) is 3.40. The van der Waals surface area contributed by atoms with Crippen molar-refractivity contribution in [3.63, 3.8) is 0 Å². The number of benzene rings is 1. The van der Waals surface area contributed by atoms with Gasteiger partial charge in [-0.2, -0.15) is 0 Å². The van der Waals surface area contributed by atoms with Gasteiger partial charge in [0.15, 0.2) is 5.78 Å². The molecule has 0 aliphatic rings. The monoisotopic (exact) mass is 264 g/mol. The summed E-state index contributed by atoms with van der Waals surface area (Å²) in [5.74, 6) is -0.310. The van der Waals surface area contributed by atoms with Crippen LogP contribution in [0, 0.1) is 5.82 Å². The third kappa shape index (κ3) is 3.08. The van der Waals surface area contributed by atoms with Gasteiger partial charge in [-0.05, 0) is 18.2 Å². The Kier molecular flexibility index (Phi) is 3.88. The number of Topliss-reactive ketones (excluding diaryl/α,β-unsaturated/α-hetero) is 1. The van der Waals surface area contributed by atoms with Gasteiger partial charge in [0.05, 0.1) is 0 Å². The van der Waals surface area contributed by atoms with Crippen LogP contribution >= 0.6 is 27.5 Å². The van der Waals surface area contributed by atoms with Crippen LogP contribution in [0.15, 0.2) is 22.7 Å². The van der Waals surface area contributed by atoms with E-state index in [2.05, 4.69) is 15.9 Å². The number of carbonyl (C=O) groups excluding carboxylic acids is 1. The summed E-state index contributed by atoms with van der Waals surface area (Å²) in [7, 11) is 0. The minimum Gasteiger partial charge on any atom is -0.294 e. The molecule has 0 aliphatic heterocycles. The second-order valence-corrected chi connectivity index (χ2v) is 3.81. The predicted molar refractivity (Wildman–Crippen MR) is 53.8 cm³/mol. The van der Waals surface area contributed by atoms with Crippen LogP contribution in [0.4, 0.5) is 4.39 Å². The number of alkyl halides is 1. The van der Waals surface area contributed by atoms with Crippen molar-refractivity contribution in [1.29, 1.82) is 0 Å². The van der Waals surface area contributed by atoms with Crippen LogP contribution in [0.2, 0.25) is 0 Å². The Morgan fingerprint density at radius 2 is 2.15 bits per heavy atom. The zero-order valence-corrected chi connectivity index (χ0v) is 9.03. The Labute approximate surface area is 89.0 Å². The first-order valence-corrected chi connectivity index (χ1v) is 5.01. The second-order valence-electron chi connectivity index (χ2n) is 2.52. The lowest BCUT2D eigenvalue weighted by Gasteiger charge is -1.99. The molecular weight excluding hydrogens is 258 g/mol. The van der Waals surface area contributed by atoms with Crippen molar-refractivity contribution in [2.45, 2.75) is 6.42 Å². The van der Waals surface area contributed by atoms with E-state index in [1.165, 1.54) is 12.1 Å². The van der Waals surface area contributed by atoms with Crippen LogP contribution in [0.5, 0.6) is 0 Å². The van der Waals surface area contributed by atoms with Gasteiger partial charge in [0, 0.05) is 22.3 Å². The topological polar surface area (TPSA) is 17.1 Å². The number of rotatable bonds is 3. The minimum absolute atomic E-state index is 0.143. The summed E-state index contributed by atoms with van der Waals surface area (Å²) >= 11 is 8.51. The van der Waals surface area contributed by atoms with Crippen molar-refractivity contribution in [2.75, 3.05) is 5.88 Å². The van der Waals surface area contributed by atoms with E-state index in [0.29, 0.717) is 10.0 Å². The maximum absolute atomic E-state index is 12.8. The molecule has 0 aromatic heterocycles. The van der Waals surface area contributed by atoms with E-state index in [9.17, 15) is 9.18 Å². The molecule has 4 heteroatoms. The summed E-state index contributed by atoms with van der Waals surface area (Å²) in [6.07, 6.45) is 0.234. The van der Waals surface area contributed by atoms with Crippen LogP contribution in [-0.4, -0.2) is 11.7 Å². The van der Waals surface area contributed by atoms with Gasteiger partial charge in [-0.15, -0.1) is 11.6 Å². The molecule has 13 heavy (non-hydrogen) atoms. The average molecular weight is 266 g/mol. The van der Waals surface area contributed by atoms with Crippen LogP contribution < -0.4 is 0 Å². The molecule has 1 aromatic carbocycles. The third-order valence-corrected chi connectivity index (χ3v) is 2.15. The Hall–Kier alpha value is -0.410. The van der Waals surface area contributed by atoms with Gasteiger partial charge in [0.2, 0.25) is 0 Å². The van der Waals surface area contributed by atoms with Crippen molar-refractivity contribution in [3.05, 3.63) is 34.1 Å². The van der Waals surface area contributed by atoms with Gasteiger partial charge in [-0.1, -0.05) is 15.9 Å². The molecule has 70 valence electrons. The first kappa shape index (κ1) is 10.7. The van der Waals surface area contributed by atoms with Gasteiger partial charge >= 0.3 is 0 Å². The first-order valence-electron chi connectivity index (χ1n) is 3.68. The van der Waals surface area contributed by atoms with E-state index in [0.717, 1.165) is 0 Å². The van der Waals surface area contributed by atoms with Crippen LogP contribution in [0.25, 0.3) is 0 Å². The second kappa shape index (κ2) is 4.72. The molecule has 0 heterocycles. The van der Waals surface area contributed by atoms with Crippen LogP contribution in [-0.2, 0) is 0 Å². The summed E-state index contributed by atoms with van der Waals surface area (Å²) in [5, 5.41) is 0. The Balaban J connectivity index is 2.94. The van der Waals surface area contributed by atoms with Crippen molar-refractivity contribution >= 4 is 33.3 Å². The molecule has 0 unspecified atom stereocenters. The molecule has 0 amide bonds. The molecule has 0 saturated heterocycles. The summed E-state index contributed by atoms with van der Waals surface area (Å²) in [5.41, 5.74) is 0.354. The molecule has 0 spiro atoms. The van der Waals surface area contributed by atoms with E-state index in [4.69, 9.17) is 11.6 Å². The average Bonchev–Trinajstić information content (AvgIpc) is 2.03. The van der Waals surface area contributed by atoms with Gasteiger partial charge in [0.1, 0.15) is 5.82 Å². The lowest BCUT2D eigenvalue weighted by molar-refractivity contribution is 0.0988. The van der Waals surface area contributed by atoms with Gasteiger partial charge in [-0.3, -0.25) is 4.79 Å². The van der Waals surface area contributed by atoms with Gasteiger partial charge < -0.3 is 0 Å². The Bertz CT molecular complexity index is 307. The third-order valence-electron chi connectivity index (χ3n) is 1.51. The number of halogens is 3. The zero-order valence-electron chi connectivity index (χ0n) is 6.69. The Morgan fingerprint density at radius 3 is 2.69 bits per heavy atom. The molecule has 0 N–H and O–H groups in total. The summed E-state index contributed by atoms with van der Waals surface area (Å²) < 4.78 is 13.4. The van der Waals surface area contributed by atoms with Crippen molar-refractivity contribution in [1.82, 2.24) is 0 Å². The first-order chi connectivity index (χ1) is 6.13. The van der Waals surface area contributed by atoms with E-state index in [-0.39, 0.29) is 18.1 Å². The molecule has 0 atom stereocenters. The summed E-state index contributed by atoms with van der Waals surface area (Å²) in [4.78, 5) is 11.3. The lowest BCUT2D eigenvalue weighted by Crippen LogP contribution is -2.00. The maximum atomic E-state index is 12.8. The maximum Gasteiger partial charge on any atom is 0.164 e. The summed E-state index contributed by atoms with van der Waals surface area (Å²) in [6, 6.07) is 4.09. The van der Waals surface area contributed by atoms with Crippen LogP contribution in [0.1, 0.15) is 16.8 Å². The van der Waals surface area contributed by atoms with Gasteiger partial charge in [-0.25, -0.2) is 4.39 Å². The molecule has 1 nitrogen and oxygen atoms in total. The molecule has 0 aliphatic carbocycles. The zero-order chi connectivity index (χ0) is 9.84. The molecule has 1 aromatic rings. The standard InChI is InChI=1S/C9H7BrClFO/c10-7-3-6(4-8(12)5-7)9(13)1-2-11/h3-5H,1-2H2. The largest absolute Gasteiger partial charge is 0.294 e. The van der Waals surface area contributed by atoms with Crippen molar-refractivity contribution in [2.24, 2.45) is 0 Å². The number of hydrogen-bond acceptors (Lipinski definition) is 1. The van der Waals surface area contributed by atoms with E-state index in [1.807, 2.05) is 0 Å². The van der Waals surface area contributed by atoms with Crippen LogP contribution in [0.3, 0.4) is 0 Å². The van der Waals surface area contributed by atoms with Crippen molar-refractivity contribution < 1.29 is 9.18 Å². The van der Waals surface area contributed by atoms with Gasteiger partial charge in [0.25, 0.3) is 0 Å². The van der Waals surface area contributed by atoms with E-state index in [1.54, 1.807) is 6.07 Å². The fourth-order valence-electron chi connectivity index (χ4n) is 0.945. The summed E-state index contributed by atoms with van der Waals surface area (Å²) in [6.45, 7) is 0. The molecule has 0 fully saturated rings. The highest BCUT2D eigenvalue weighted by Gasteiger charge is 2.07. The smallest absolute Gasteiger partial charge is 0.164 e. The number of hydrogen-bond donors (Lipinski definition) is 0. The molecule has 0 bridgehead atoms. The highest BCUT2D eigenvalue weighted by molar-refractivity contribution is 9.10. The molecule has 0 saturated carbocycles. The normalized spacial score (nSPS) is 10.1. The molecule has 0 radical (unpaired) electrons. The SMILES string of the molecule is O=C(CCCl)c1cc(F)cc(Br)c1. The Morgan fingerprint density at radius 1 is 1.46 bits per heavy atom. The fraction of sp³-hybridized carbons (Fsp3) is 0.222. The fourth-order valence-corrected chi connectivity index (χ4v) is 1.58. The van der Waals surface area contributed by atoms with E-state index < -0.39 is 5.82 Å². The molecular formula is C9H7BrClFO. The number of carbonyl (C=O) groups is 1. The van der Waals surface area contributed by atoms with Crippen molar-refractivity contribution in [3.8, 4) is 0 Å². The highest BCUT2D eigenvalue weighted by Crippen LogP contribution is 2.16. The quantitative estimate of drug-likeness (QED) is 0.605. The number of ketones is 1. The lowest BCUT2D eigenvalue weighted by atomic mass is 10.1. The van der Waals surface area contributed by atoms with E-state index >= 15 is 0 Å².